The van der Waals surface area contributed by atoms with Gasteiger partial charge in [-0.1, -0.05) is 54.1 Å². The standard InChI is InChI=1S/C20H18ClNO3S/c1-14-7-9-17(10-8-14)26(24,25)22-12-16(13-23)11-15(2)20(22)18-5-3-4-6-19(18)21/h3-11,13,20H,2,12H2,1H3/t20-/m0/s1. The molecule has 0 aliphatic carbocycles. The van der Waals surface area contributed by atoms with Crippen molar-refractivity contribution in [2.75, 3.05) is 6.54 Å². The fraction of sp³-hybridized carbons (Fsp3) is 0.150. The second-order valence-corrected chi connectivity index (χ2v) is 8.50. The molecule has 0 fully saturated rings. The summed E-state index contributed by atoms with van der Waals surface area (Å²) in [4.78, 5) is 11.5. The lowest BCUT2D eigenvalue weighted by atomic mass is 9.94. The number of aldehydes is 1. The zero-order valence-electron chi connectivity index (χ0n) is 14.2. The van der Waals surface area contributed by atoms with Crippen LogP contribution in [0.2, 0.25) is 5.02 Å². The van der Waals surface area contributed by atoms with E-state index in [-0.39, 0.29) is 11.4 Å². The average molecular weight is 388 g/mol. The average Bonchev–Trinajstić information content (AvgIpc) is 2.62. The molecule has 3 rings (SSSR count). The molecule has 0 amide bonds. The van der Waals surface area contributed by atoms with E-state index in [1.807, 2.05) is 6.92 Å². The maximum absolute atomic E-state index is 13.3. The van der Waals surface area contributed by atoms with Gasteiger partial charge in [0.2, 0.25) is 10.0 Å². The van der Waals surface area contributed by atoms with Crippen LogP contribution in [0.3, 0.4) is 0 Å². The molecular weight excluding hydrogens is 370 g/mol. The zero-order chi connectivity index (χ0) is 18.9. The van der Waals surface area contributed by atoms with Gasteiger partial charge in [0.1, 0.15) is 6.29 Å². The monoisotopic (exact) mass is 387 g/mol. The number of halogens is 1. The van der Waals surface area contributed by atoms with Crippen molar-refractivity contribution in [2.45, 2.75) is 17.9 Å². The van der Waals surface area contributed by atoms with E-state index in [4.69, 9.17) is 11.6 Å². The van der Waals surface area contributed by atoms with E-state index in [1.165, 1.54) is 4.31 Å². The predicted octanol–water partition coefficient (Wildman–Crippen LogP) is 4.08. The van der Waals surface area contributed by atoms with E-state index >= 15 is 0 Å². The largest absolute Gasteiger partial charge is 0.298 e. The zero-order valence-corrected chi connectivity index (χ0v) is 15.8. The van der Waals surface area contributed by atoms with Crippen LogP contribution in [0, 0.1) is 6.92 Å². The highest BCUT2D eigenvalue weighted by Gasteiger charge is 2.37. The highest BCUT2D eigenvalue weighted by Crippen LogP contribution is 2.39. The van der Waals surface area contributed by atoms with E-state index in [0.717, 1.165) is 5.56 Å². The van der Waals surface area contributed by atoms with Gasteiger partial charge >= 0.3 is 0 Å². The second kappa shape index (κ2) is 7.19. The maximum Gasteiger partial charge on any atom is 0.244 e. The Labute approximate surface area is 158 Å². The molecule has 26 heavy (non-hydrogen) atoms. The van der Waals surface area contributed by atoms with Crippen LogP contribution in [-0.2, 0) is 14.8 Å². The Morgan fingerprint density at radius 1 is 1.15 bits per heavy atom. The predicted molar refractivity (Wildman–Crippen MR) is 103 cm³/mol. The fourth-order valence-corrected chi connectivity index (χ4v) is 4.85. The van der Waals surface area contributed by atoms with Gasteiger partial charge in [0.25, 0.3) is 0 Å². The van der Waals surface area contributed by atoms with Crippen molar-refractivity contribution in [1.82, 2.24) is 4.31 Å². The molecule has 0 saturated heterocycles. The first-order valence-electron chi connectivity index (χ1n) is 8.02. The molecule has 134 valence electrons. The fourth-order valence-electron chi connectivity index (χ4n) is 3.01. The van der Waals surface area contributed by atoms with Gasteiger partial charge in [-0.15, -0.1) is 0 Å². The van der Waals surface area contributed by atoms with Crippen molar-refractivity contribution < 1.29 is 13.2 Å². The van der Waals surface area contributed by atoms with Gasteiger partial charge < -0.3 is 0 Å². The number of nitrogens with zero attached hydrogens (tertiary/aromatic N) is 1. The minimum Gasteiger partial charge on any atom is -0.298 e. The van der Waals surface area contributed by atoms with Crippen LogP contribution in [0.15, 0.2) is 77.2 Å². The maximum atomic E-state index is 13.3. The molecule has 2 aromatic rings. The number of carbonyl (C=O) groups excluding carboxylic acids is 1. The first kappa shape index (κ1) is 18.6. The molecule has 0 saturated carbocycles. The summed E-state index contributed by atoms with van der Waals surface area (Å²) < 4.78 is 27.9. The Morgan fingerprint density at radius 2 is 1.81 bits per heavy atom. The Hall–Kier alpha value is -2.21. The van der Waals surface area contributed by atoms with Crippen LogP contribution in [0.5, 0.6) is 0 Å². The Bertz CT molecular complexity index is 994. The van der Waals surface area contributed by atoms with Crippen molar-refractivity contribution in [3.63, 3.8) is 0 Å². The molecule has 1 aliphatic rings. The lowest BCUT2D eigenvalue weighted by Gasteiger charge is -2.35. The highest BCUT2D eigenvalue weighted by molar-refractivity contribution is 7.89. The first-order chi connectivity index (χ1) is 12.3. The van der Waals surface area contributed by atoms with Crippen LogP contribution < -0.4 is 0 Å². The summed E-state index contributed by atoms with van der Waals surface area (Å²) in [5, 5.41) is 0.450. The van der Waals surface area contributed by atoms with E-state index in [2.05, 4.69) is 6.58 Å². The summed E-state index contributed by atoms with van der Waals surface area (Å²) in [7, 11) is -3.85. The number of benzene rings is 2. The molecule has 6 heteroatoms. The third-order valence-corrected chi connectivity index (χ3v) is 6.50. The van der Waals surface area contributed by atoms with Crippen LogP contribution in [-0.4, -0.2) is 25.6 Å². The molecular formula is C20H18ClNO3S. The van der Waals surface area contributed by atoms with Crippen molar-refractivity contribution >= 4 is 27.9 Å². The van der Waals surface area contributed by atoms with Gasteiger partial charge in [-0.3, -0.25) is 4.79 Å². The van der Waals surface area contributed by atoms with E-state index < -0.39 is 16.1 Å². The Balaban J connectivity index is 2.16. The van der Waals surface area contributed by atoms with Gasteiger partial charge in [-0.2, -0.15) is 4.31 Å². The molecule has 1 atom stereocenters. The minimum absolute atomic E-state index is 0.0331. The summed E-state index contributed by atoms with van der Waals surface area (Å²) in [6.07, 6.45) is 2.29. The summed E-state index contributed by atoms with van der Waals surface area (Å²) in [5.41, 5.74) is 2.45. The van der Waals surface area contributed by atoms with Crippen molar-refractivity contribution in [1.29, 1.82) is 0 Å². The minimum atomic E-state index is -3.85. The summed E-state index contributed by atoms with van der Waals surface area (Å²) in [6.45, 7) is 5.84. The first-order valence-corrected chi connectivity index (χ1v) is 9.84. The molecule has 0 aromatic heterocycles. The number of aryl methyl sites for hydroxylation is 1. The Morgan fingerprint density at radius 3 is 2.42 bits per heavy atom. The van der Waals surface area contributed by atoms with Crippen molar-refractivity contribution in [3.8, 4) is 0 Å². The van der Waals surface area contributed by atoms with Crippen LogP contribution in [0.4, 0.5) is 0 Å². The van der Waals surface area contributed by atoms with E-state index in [1.54, 1.807) is 54.6 Å². The van der Waals surface area contributed by atoms with E-state index in [0.29, 0.717) is 28.0 Å². The lowest BCUT2D eigenvalue weighted by molar-refractivity contribution is -0.105. The quantitative estimate of drug-likeness (QED) is 0.743. The SMILES string of the molecule is C=C1C=C(C=O)CN(S(=O)(=O)c2ccc(C)cc2)[C@@H]1c1ccccc1Cl. The molecule has 2 aromatic carbocycles. The number of rotatable bonds is 4. The molecule has 1 heterocycles. The summed E-state index contributed by atoms with van der Waals surface area (Å²) >= 11 is 6.32. The lowest BCUT2D eigenvalue weighted by Crippen LogP contribution is -2.39. The van der Waals surface area contributed by atoms with Gasteiger partial charge in [0, 0.05) is 17.1 Å². The number of hydrogen-bond donors (Lipinski definition) is 0. The molecule has 0 unspecified atom stereocenters. The van der Waals surface area contributed by atoms with Gasteiger partial charge in [-0.05, 0) is 42.3 Å². The topological polar surface area (TPSA) is 54.5 Å². The van der Waals surface area contributed by atoms with E-state index in [9.17, 15) is 13.2 Å². The molecule has 4 nitrogen and oxygen atoms in total. The second-order valence-electron chi connectivity index (χ2n) is 6.20. The van der Waals surface area contributed by atoms with Gasteiger partial charge in [0.05, 0.1) is 10.9 Å². The Kier molecular flexibility index (Phi) is 5.14. The molecule has 0 bridgehead atoms. The van der Waals surface area contributed by atoms with Crippen molar-refractivity contribution in [3.05, 3.63) is 88.5 Å². The number of hydrogen-bond acceptors (Lipinski definition) is 3. The highest BCUT2D eigenvalue weighted by atomic mass is 35.5. The smallest absolute Gasteiger partial charge is 0.244 e. The number of sulfonamides is 1. The number of carbonyl (C=O) groups is 1. The van der Waals surface area contributed by atoms with Gasteiger partial charge in [-0.25, -0.2) is 8.42 Å². The third-order valence-electron chi connectivity index (χ3n) is 4.33. The summed E-state index contributed by atoms with van der Waals surface area (Å²) in [5.74, 6) is 0. The molecule has 0 radical (unpaired) electrons. The molecule has 0 N–H and O–H groups in total. The van der Waals surface area contributed by atoms with Gasteiger partial charge in [0.15, 0.2) is 0 Å². The molecule has 0 spiro atoms. The van der Waals surface area contributed by atoms with Crippen molar-refractivity contribution in [2.24, 2.45) is 0 Å². The normalized spacial score (nSPS) is 18.5. The van der Waals surface area contributed by atoms with Crippen LogP contribution >= 0.6 is 11.6 Å². The van der Waals surface area contributed by atoms with Crippen LogP contribution in [0.1, 0.15) is 17.2 Å². The molecule has 1 aliphatic heterocycles. The summed E-state index contributed by atoms with van der Waals surface area (Å²) in [6, 6.07) is 13.0. The third kappa shape index (κ3) is 3.38. The van der Waals surface area contributed by atoms with Crippen LogP contribution in [0.25, 0.3) is 0 Å².